The Morgan fingerprint density at radius 2 is 2.18 bits per heavy atom. The standard InChI is InChI=1S/C11H18N2O2S2/c1-3-13(2)17(14,15)11-7-6-10(16-11)8-12-9-4-5-9/h6-7,9,12H,3-5,8H2,1-2H3. The van der Waals surface area contributed by atoms with E-state index in [9.17, 15) is 8.42 Å². The van der Waals surface area contributed by atoms with Crippen molar-refractivity contribution in [3.63, 3.8) is 0 Å². The van der Waals surface area contributed by atoms with Gasteiger partial charge in [0.25, 0.3) is 10.0 Å². The molecule has 1 aromatic rings. The quantitative estimate of drug-likeness (QED) is 0.858. The van der Waals surface area contributed by atoms with Crippen LogP contribution in [0.25, 0.3) is 0 Å². The molecule has 0 radical (unpaired) electrons. The fourth-order valence-corrected chi connectivity index (χ4v) is 4.15. The van der Waals surface area contributed by atoms with Gasteiger partial charge in [-0.15, -0.1) is 11.3 Å². The number of nitrogens with one attached hydrogen (secondary N) is 1. The summed E-state index contributed by atoms with van der Waals surface area (Å²) in [4.78, 5) is 1.08. The monoisotopic (exact) mass is 274 g/mol. The van der Waals surface area contributed by atoms with Gasteiger partial charge in [-0.25, -0.2) is 12.7 Å². The number of sulfonamides is 1. The molecule has 1 heterocycles. The van der Waals surface area contributed by atoms with Crippen molar-refractivity contribution >= 4 is 21.4 Å². The van der Waals surface area contributed by atoms with Crippen LogP contribution < -0.4 is 5.32 Å². The third-order valence-corrected chi connectivity index (χ3v) is 6.37. The second-order valence-corrected chi connectivity index (χ2v) is 7.74. The normalized spacial score (nSPS) is 16.6. The van der Waals surface area contributed by atoms with E-state index >= 15 is 0 Å². The number of nitrogens with zero attached hydrogens (tertiary/aromatic N) is 1. The molecule has 0 bridgehead atoms. The van der Waals surface area contributed by atoms with Crippen LogP contribution >= 0.6 is 11.3 Å². The molecule has 1 N–H and O–H groups in total. The Morgan fingerprint density at radius 1 is 1.47 bits per heavy atom. The number of hydrogen-bond acceptors (Lipinski definition) is 4. The van der Waals surface area contributed by atoms with Gasteiger partial charge >= 0.3 is 0 Å². The fraction of sp³-hybridized carbons (Fsp3) is 0.636. The highest BCUT2D eigenvalue weighted by atomic mass is 32.2. The molecular weight excluding hydrogens is 256 g/mol. The molecule has 2 rings (SSSR count). The molecule has 1 saturated carbocycles. The van der Waals surface area contributed by atoms with Gasteiger partial charge in [-0.2, -0.15) is 0 Å². The van der Waals surface area contributed by atoms with Crippen molar-refractivity contribution in [1.29, 1.82) is 0 Å². The van der Waals surface area contributed by atoms with Crippen LogP contribution in [0.2, 0.25) is 0 Å². The summed E-state index contributed by atoms with van der Waals surface area (Å²) in [7, 11) is -1.66. The molecule has 0 spiro atoms. The highest BCUT2D eigenvalue weighted by Gasteiger charge is 2.23. The molecule has 0 unspecified atom stereocenters. The molecule has 6 heteroatoms. The first-order chi connectivity index (χ1) is 8.04. The highest BCUT2D eigenvalue weighted by Crippen LogP contribution is 2.25. The number of rotatable bonds is 6. The summed E-state index contributed by atoms with van der Waals surface area (Å²) in [5, 5.41) is 3.38. The Balaban J connectivity index is 2.05. The van der Waals surface area contributed by atoms with Gasteiger partial charge in [0.1, 0.15) is 4.21 Å². The Bertz CT molecular complexity index is 477. The summed E-state index contributed by atoms with van der Waals surface area (Å²) < 4.78 is 25.9. The molecule has 96 valence electrons. The van der Waals surface area contributed by atoms with E-state index in [2.05, 4.69) is 5.32 Å². The van der Waals surface area contributed by atoms with E-state index in [1.807, 2.05) is 13.0 Å². The molecule has 1 aliphatic carbocycles. The summed E-state index contributed by atoms with van der Waals surface area (Å²) in [6.07, 6.45) is 2.49. The minimum atomic E-state index is -3.27. The molecule has 1 aliphatic rings. The molecule has 1 aromatic heterocycles. The largest absolute Gasteiger partial charge is 0.309 e. The maximum Gasteiger partial charge on any atom is 0.252 e. The predicted octanol–water partition coefficient (Wildman–Crippen LogP) is 1.64. The van der Waals surface area contributed by atoms with Gasteiger partial charge in [-0.1, -0.05) is 6.92 Å². The SMILES string of the molecule is CCN(C)S(=O)(=O)c1ccc(CNC2CC2)s1. The number of hydrogen-bond donors (Lipinski definition) is 1. The van der Waals surface area contributed by atoms with Crippen molar-refractivity contribution in [3.05, 3.63) is 17.0 Å². The Hall–Kier alpha value is -0.430. The molecule has 17 heavy (non-hydrogen) atoms. The van der Waals surface area contributed by atoms with Crippen LogP contribution in [-0.4, -0.2) is 32.4 Å². The van der Waals surface area contributed by atoms with Crippen molar-refractivity contribution in [3.8, 4) is 0 Å². The first kappa shape index (κ1) is 13.0. The van der Waals surface area contributed by atoms with Gasteiger partial charge in [0, 0.05) is 31.1 Å². The molecule has 1 fully saturated rings. The molecule has 0 saturated heterocycles. The zero-order valence-corrected chi connectivity index (χ0v) is 11.8. The van der Waals surface area contributed by atoms with Crippen molar-refractivity contribution in [1.82, 2.24) is 9.62 Å². The van der Waals surface area contributed by atoms with Crippen LogP contribution in [0.3, 0.4) is 0 Å². The lowest BCUT2D eigenvalue weighted by Crippen LogP contribution is -2.25. The molecule has 0 atom stereocenters. The van der Waals surface area contributed by atoms with E-state index in [1.165, 1.54) is 28.5 Å². The Labute approximate surface area is 107 Å². The van der Waals surface area contributed by atoms with E-state index in [0.29, 0.717) is 16.8 Å². The minimum Gasteiger partial charge on any atom is -0.309 e. The van der Waals surface area contributed by atoms with E-state index in [-0.39, 0.29) is 0 Å². The third-order valence-electron chi connectivity index (χ3n) is 2.89. The predicted molar refractivity (Wildman–Crippen MR) is 69.7 cm³/mol. The third kappa shape index (κ3) is 3.07. The maximum absolute atomic E-state index is 12.0. The van der Waals surface area contributed by atoms with Crippen molar-refractivity contribution in [2.75, 3.05) is 13.6 Å². The van der Waals surface area contributed by atoms with Crippen molar-refractivity contribution in [2.45, 2.75) is 36.6 Å². The second-order valence-electron chi connectivity index (χ2n) is 4.30. The second kappa shape index (κ2) is 5.06. The lowest BCUT2D eigenvalue weighted by molar-refractivity contribution is 0.488. The zero-order chi connectivity index (χ0) is 12.5. The van der Waals surface area contributed by atoms with E-state index in [4.69, 9.17) is 0 Å². The van der Waals surface area contributed by atoms with Crippen LogP contribution in [-0.2, 0) is 16.6 Å². The van der Waals surface area contributed by atoms with Crippen LogP contribution in [0.5, 0.6) is 0 Å². The average Bonchev–Trinajstić information content (AvgIpc) is 3.01. The van der Waals surface area contributed by atoms with Gasteiger partial charge in [0.15, 0.2) is 0 Å². The summed E-state index contributed by atoms with van der Waals surface area (Å²) in [5.41, 5.74) is 0. The molecule has 0 aromatic carbocycles. The first-order valence-corrected chi connectivity index (χ1v) is 8.08. The minimum absolute atomic E-state index is 0.439. The van der Waals surface area contributed by atoms with Crippen LogP contribution in [0, 0.1) is 0 Å². The highest BCUT2D eigenvalue weighted by molar-refractivity contribution is 7.91. The van der Waals surface area contributed by atoms with Crippen molar-refractivity contribution < 1.29 is 8.42 Å². The molecule has 0 aliphatic heterocycles. The fourth-order valence-electron chi connectivity index (χ4n) is 1.45. The smallest absolute Gasteiger partial charge is 0.252 e. The van der Waals surface area contributed by atoms with Crippen LogP contribution in [0.4, 0.5) is 0 Å². The lowest BCUT2D eigenvalue weighted by atomic mass is 10.4. The van der Waals surface area contributed by atoms with Crippen LogP contribution in [0.15, 0.2) is 16.3 Å². The van der Waals surface area contributed by atoms with Gasteiger partial charge in [0.2, 0.25) is 0 Å². The van der Waals surface area contributed by atoms with E-state index in [1.54, 1.807) is 13.1 Å². The number of thiophene rings is 1. The molecule has 4 nitrogen and oxygen atoms in total. The molecular formula is C11H18N2O2S2. The van der Waals surface area contributed by atoms with Gasteiger partial charge in [-0.05, 0) is 25.0 Å². The summed E-state index contributed by atoms with van der Waals surface area (Å²) in [6, 6.07) is 4.25. The summed E-state index contributed by atoms with van der Waals surface area (Å²) >= 11 is 1.36. The van der Waals surface area contributed by atoms with E-state index < -0.39 is 10.0 Å². The summed E-state index contributed by atoms with van der Waals surface area (Å²) in [5.74, 6) is 0. The topological polar surface area (TPSA) is 49.4 Å². The molecule has 0 amide bonds. The maximum atomic E-state index is 12.0. The summed E-state index contributed by atoms with van der Waals surface area (Å²) in [6.45, 7) is 3.11. The van der Waals surface area contributed by atoms with Crippen molar-refractivity contribution in [2.24, 2.45) is 0 Å². The van der Waals surface area contributed by atoms with Gasteiger partial charge < -0.3 is 5.32 Å². The van der Waals surface area contributed by atoms with E-state index in [0.717, 1.165) is 11.4 Å². The average molecular weight is 274 g/mol. The Morgan fingerprint density at radius 3 is 2.76 bits per heavy atom. The Kier molecular flexibility index (Phi) is 3.87. The van der Waals surface area contributed by atoms with Gasteiger partial charge in [-0.3, -0.25) is 0 Å². The zero-order valence-electron chi connectivity index (χ0n) is 10.1. The van der Waals surface area contributed by atoms with Crippen LogP contribution in [0.1, 0.15) is 24.6 Å². The first-order valence-electron chi connectivity index (χ1n) is 5.82. The lowest BCUT2D eigenvalue weighted by Gasteiger charge is -2.12. The van der Waals surface area contributed by atoms with Gasteiger partial charge in [0.05, 0.1) is 0 Å².